The number of carbonyl (C=O) groups is 1. The molecule has 1 amide bonds. The van der Waals surface area contributed by atoms with Crippen LogP contribution in [0.15, 0.2) is 24.3 Å². The van der Waals surface area contributed by atoms with Crippen molar-refractivity contribution in [3.05, 3.63) is 35.4 Å². The van der Waals surface area contributed by atoms with Crippen molar-refractivity contribution < 1.29 is 9.90 Å². The van der Waals surface area contributed by atoms with E-state index in [1.807, 2.05) is 0 Å². The zero-order valence-electron chi connectivity index (χ0n) is 16.5. The third-order valence-electron chi connectivity index (χ3n) is 6.87. The standard InChI is InChI=1S/C23H34N2O2/c26-20-10-6-14-24(17-20)15-13-22(27)25-16-12-18-7-4-5-11-21(18)23(25)19-8-2-1-3-9-19/h4-5,7,11,19-20,23,26H,1-3,6,8-10,12-17H2/t20-,23?/m0/s1. The van der Waals surface area contributed by atoms with Gasteiger partial charge in [0.1, 0.15) is 0 Å². The molecule has 4 rings (SSSR count). The molecule has 1 saturated carbocycles. The highest BCUT2D eigenvalue weighted by molar-refractivity contribution is 5.77. The first kappa shape index (κ1) is 18.9. The van der Waals surface area contributed by atoms with Crippen molar-refractivity contribution in [1.82, 2.24) is 9.80 Å². The fraction of sp³-hybridized carbons (Fsp3) is 0.696. The molecular weight excluding hydrogens is 336 g/mol. The van der Waals surface area contributed by atoms with Gasteiger partial charge in [0.2, 0.25) is 5.91 Å². The van der Waals surface area contributed by atoms with Gasteiger partial charge in [0.25, 0.3) is 0 Å². The number of β-amino-alcohol motifs (C(OH)–C–C–N with tert-alkyl or cyclic N) is 1. The van der Waals surface area contributed by atoms with Crippen LogP contribution in [0.2, 0.25) is 0 Å². The summed E-state index contributed by atoms with van der Waals surface area (Å²) in [5.41, 5.74) is 2.84. The van der Waals surface area contributed by atoms with Crippen molar-refractivity contribution in [1.29, 1.82) is 0 Å². The summed E-state index contributed by atoms with van der Waals surface area (Å²) in [5.74, 6) is 0.918. The number of benzene rings is 1. The Bertz CT molecular complexity index is 641. The number of piperidine rings is 1. The summed E-state index contributed by atoms with van der Waals surface area (Å²) in [6, 6.07) is 9.06. The zero-order valence-corrected chi connectivity index (χ0v) is 16.5. The summed E-state index contributed by atoms with van der Waals surface area (Å²) >= 11 is 0. The van der Waals surface area contributed by atoms with Gasteiger partial charge in [0.05, 0.1) is 12.1 Å². The van der Waals surface area contributed by atoms with E-state index < -0.39 is 0 Å². The fourth-order valence-electron chi connectivity index (χ4n) is 5.47. The number of aliphatic hydroxyl groups is 1. The fourth-order valence-corrected chi connectivity index (χ4v) is 5.47. The normalized spacial score (nSPS) is 27.4. The molecule has 2 fully saturated rings. The van der Waals surface area contributed by atoms with Crippen LogP contribution < -0.4 is 0 Å². The summed E-state index contributed by atoms with van der Waals surface area (Å²) < 4.78 is 0. The van der Waals surface area contributed by atoms with Gasteiger partial charge in [-0.2, -0.15) is 0 Å². The number of amides is 1. The predicted octanol–water partition coefficient (Wildman–Crippen LogP) is 3.54. The second-order valence-electron chi connectivity index (χ2n) is 8.73. The van der Waals surface area contributed by atoms with Crippen LogP contribution in [0.3, 0.4) is 0 Å². The molecule has 1 saturated heterocycles. The van der Waals surface area contributed by atoms with Crippen LogP contribution in [0, 0.1) is 5.92 Å². The smallest absolute Gasteiger partial charge is 0.224 e. The SMILES string of the molecule is O=C(CCN1CCC[C@H](O)C1)N1CCc2ccccc2C1C1CCCCC1. The molecule has 2 atom stereocenters. The van der Waals surface area contributed by atoms with Crippen molar-refractivity contribution >= 4 is 5.91 Å². The third kappa shape index (κ3) is 4.38. The summed E-state index contributed by atoms with van der Waals surface area (Å²) in [6.07, 6.45) is 9.73. The van der Waals surface area contributed by atoms with Crippen LogP contribution in [0.1, 0.15) is 68.5 Å². The van der Waals surface area contributed by atoms with Gasteiger partial charge in [0.15, 0.2) is 0 Å². The van der Waals surface area contributed by atoms with Gasteiger partial charge in [-0.3, -0.25) is 4.79 Å². The highest BCUT2D eigenvalue weighted by Gasteiger charge is 2.36. The second-order valence-corrected chi connectivity index (χ2v) is 8.73. The molecule has 4 heteroatoms. The van der Waals surface area contributed by atoms with E-state index in [0.717, 1.165) is 45.4 Å². The van der Waals surface area contributed by atoms with Gasteiger partial charge in [-0.1, -0.05) is 43.5 Å². The van der Waals surface area contributed by atoms with E-state index in [1.165, 1.54) is 43.2 Å². The van der Waals surface area contributed by atoms with E-state index >= 15 is 0 Å². The van der Waals surface area contributed by atoms with Crippen LogP contribution in [-0.2, 0) is 11.2 Å². The second kappa shape index (κ2) is 8.74. The van der Waals surface area contributed by atoms with E-state index in [0.29, 0.717) is 18.2 Å². The van der Waals surface area contributed by atoms with Crippen molar-refractivity contribution in [2.75, 3.05) is 26.2 Å². The van der Waals surface area contributed by atoms with Gasteiger partial charge in [0, 0.05) is 26.1 Å². The Labute approximate surface area is 163 Å². The predicted molar refractivity (Wildman–Crippen MR) is 107 cm³/mol. The Hall–Kier alpha value is -1.39. The Morgan fingerprint density at radius 1 is 1.04 bits per heavy atom. The number of carbonyl (C=O) groups excluding carboxylic acids is 1. The summed E-state index contributed by atoms with van der Waals surface area (Å²) in [5, 5.41) is 9.88. The number of rotatable bonds is 4. The lowest BCUT2D eigenvalue weighted by Crippen LogP contribution is -2.45. The maximum Gasteiger partial charge on any atom is 0.224 e. The molecule has 0 spiro atoms. The molecule has 0 radical (unpaired) electrons. The first-order valence-corrected chi connectivity index (χ1v) is 11.0. The number of nitrogens with zero attached hydrogens (tertiary/aromatic N) is 2. The maximum absolute atomic E-state index is 13.2. The summed E-state index contributed by atoms with van der Waals surface area (Å²) in [7, 11) is 0. The molecule has 27 heavy (non-hydrogen) atoms. The van der Waals surface area contributed by atoms with Gasteiger partial charge >= 0.3 is 0 Å². The molecule has 4 nitrogen and oxygen atoms in total. The number of likely N-dealkylation sites (tertiary alicyclic amines) is 1. The topological polar surface area (TPSA) is 43.8 Å². The molecule has 1 unspecified atom stereocenters. The first-order chi connectivity index (χ1) is 13.2. The van der Waals surface area contributed by atoms with Crippen molar-refractivity contribution in [3.63, 3.8) is 0 Å². The van der Waals surface area contributed by atoms with E-state index in [-0.39, 0.29) is 12.1 Å². The van der Waals surface area contributed by atoms with Gasteiger partial charge in [-0.25, -0.2) is 0 Å². The van der Waals surface area contributed by atoms with Crippen LogP contribution in [-0.4, -0.2) is 53.1 Å². The highest BCUT2D eigenvalue weighted by Crippen LogP contribution is 2.42. The molecule has 0 bridgehead atoms. The average molecular weight is 371 g/mol. The largest absolute Gasteiger partial charge is 0.392 e. The number of hydrogen-bond donors (Lipinski definition) is 1. The van der Waals surface area contributed by atoms with Crippen LogP contribution >= 0.6 is 0 Å². The summed E-state index contributed by atoms with van der Waals surface area (Å²) in [4.78, 5) is 17.7. The minimum Gasteiger partial charge on any atom is -0.392 e. The number of hydrogen-bond acceptors (Lipinski definition) is 3. The van der Waals surface area contributed by atoms with Crippen LogP contribution in [0.4, 0.5) is 0 Å². The third-order valence-corrected chi connectivity index (χ3v) is 6.87. The van der Waals surface area contributed by atoms with Crippen molar-refractivity contribution in [2.24, 2.45) is 5.92 Å². The lowest BCUT2D eigenvalue weighted by atomic mass is 9.77. The lowest BCUT2D eigenvalue weighted by Gasteiger charge is -2.43. The van der Waals surface area contributed by atoms with Gasteiger partial charge < -0.3 is 14.9 Å². The molecule has 1 aliphatic carbocycles. The Morgan fingerprint density at radius 3 is 2.67 bits per heavy atom. The number of fused-ring (bicyclic) bond motifs is 1. The van der Waals surface area contributed by atoms with E-state index in [1.54, 1.807) is 0 Å². The highest BCUT2D eigenvalue weighted by atomic mass is 16.3. The molecule has 2 aliphatic heterocycles. The Balaban J connectivity index is 1.47. The molecule has 1 N–H and O–H groups in total. The monoisotopic (exact) mass is 370 g/mol. The molecule has 148 valence electrons. The Kier molecular flexibility index (Phi) is 6.14. The van der Waals surface area contributed by atoms with Gasteiger partial charge in [-0.05, 0) is 55.7 Å². The van der Waals surface area contributed by atoms with Crippen molar-refractivity contribution in [3.8, 4) is 0 Å². The van der Waals surface area contributed by atoms with E-state index in [2.05, 4.69) is 34.1 Å². The average Bonchev–Trinajstić information content (AvgIpc) is 2.72. The van der Waals surface area contributed by atoms with E-state index in [4.69, 9.17) is 0 Å². The minimum absolute atomic E-state index is 0.217. The minimum atomic E-state index is -0.217. The maximum atomic E-state index is 13.2. The first-order valence-electron chi connectivity index (χ1n) is 11.0. The quantitative estimate of drug-likeness (QED) is 0.882. The van der Waals surface area contributed by atoms with E-state index in [9.17, 15) is 9.90 Å². The molecule has 1 aromatic rings. The van der Waals surface area contributed by atoms with Crippen molar-refractivity contribution in [2.45, 2.75) is 69.9 Å². The van der Waals surface area contributed by atoms with Crippen LogP contribution in [0.25, 0.3) is 0 Å². The van der Waals surface area contributed by atoms with Gasteiger partial charge in [-0.15, -0.1) is 0 Å². The molecule has 1 aromatic carbocycles. The molecule has 0 aromatic heterocycles. The zero-order chi connectivity index (χ0) is 18.6. The Morgan fingerprint density at radius 2 is 1.85 bits per heavy atom. The molecule has 2 heterocycles. The summed E-state index contributed by atoms with van der Waals surface area (Å²) in [6.45, 7) is 3.38. The molecular formula is C23H34N2O2. The lowest BCUT2D eigenvalue weighted by molar-refractivity contribution is -0.136. The molecule has 3 aliphatic rings. The van der Waals surface area contributed by atoms with Crippen LogP contribution in [0.5, 0.6) is 0 Å². The number of aliphatic hydroxyl groups excluding tert-OH is 1.